The van der Waals surface area contributed by atoms with Crippen molar-refractivity contribution in [3.05, 3.63) is 34.9 Å². The molecule has 1 aromatic rings. The Balaban J connectivity index is 3.02. The van der Waals surface area contributed by atoms with Crippen LogP contribution in [0.5, 0.6) is 5.75 Å². The zero-order chi connectivity index (χ0) is 11.6. The lowest BCUT2D eigenvalue weighted by molar-refractivity contribution is -0.130. The van der Waals surface area contributed by atoms with Crippen LogP contribution in [0.3, 0.4) is 0 Å². The minimum atomic E-state index is -0.472. The smallest absolute Gasteiger partial charge is 0.338 e. The molecule has 15 heavy (non-hydrogen) atoms. The number of benzene rings is 1. The lowest BCUT2D eigenvalue weighted by Crippen LogP contribution is -2.09. The molecule has 1 rings (SSSR count). The number of anilines is 1. The summed E-state index contributed by atoms with van der Waals surface area (Å²) >= 11 is 5.80. The summed E-state index contributed by atoms with van der Waals surface area (Å²) in [7, 11) is 0. The van der Waals surface area contributed by atoms with Gasteiger partial charge in [-0.15, -0.1) is 0 Å². The molecule has 0 amide bonds. The van der Waals surface area contributed by atoms with Crippen LogP contribution >= 0.6 is 11.6 Å². The Morgan fingerprint density at radius 2 is 2.13 bits per heavy atom. The van der Waals surface area contributed by atoms with E-state index in [1.807, 2.05) is 0 Å². The predicted molar refractivity (Wildman–Crippen MR) is 61.1 cm³/mol. The third kappa shape index (κ3) is 2.50. The van der Waals surface area contributed by atoms with Gasteiger partial charge in [0, 0.05) is 11.1 Å². The highest BCUT2D eigenvalue weighted by molar-refractivity contribution is 6.33. The van der Waals surface area contributed by atoms with E-state index in [1.165, 1.54) is 0 Å². The molecule has 0 aliphatic carbocycles. The molecule has 3 nitrogen and oxygen atoms in total. The van der Waals surface area contributed by atoms with Gasteiger partial charge in [0.1, 0.15) is 5.75 Å². The molecule has 0 bridgehead atoms. The van der Waals surface area contributed by atoms with Crippen molar-refractivity contribution in [3.63, 3.8) is 0 Å². The van der Waals surface area contributed by atoms with Gasteiger partial charge in [0.15, 0.2) is 0 Å². The van der Waals surface area contributed by atoms with E-state index >= 15 is 0 Å². The number of hydrogen-bond donors (Lipinski definition) is 1. The van der Waals surface area contributed by atoms with Crippen LogP contribution < -0.4 is 10.5 Å². The van der Waals surface area contributed by atoms with Gasteiger partial charge in [-0.2, -0.15) is 0 Å². The number of hydrogen-bond acceptors (Lipinski definition) is 3. The molecule has 1 aromatic carbocycles. The second kappa shape index (κ2) is 4.36. The molecule has 2 N–H and O–H groups in total. The minimum absolute atomic E-state index is 0.336. The predicted octanol–water partition coefficient (Wildman–Crippen LogP) is 2.71. The Labute approximate surface area is 93.5 Å². The number of nitrogen functional groups attached to an aromatic ring is 1. The SMILES string of the molecule is C=C(C)C(=O)Oc1ccc(Cl)c(N)c1C. The van der Waals surface area contributed by atoms with Crippen molar-refractivity contribution in [2.24, 2.45) is 0 Å². The third-order valence-corrected chi connectivity index (χ3v) is 2.29. The van der Waals surface area contributed by atoms with E-state index in [4.69, 9.17) is 22.1 Å². The van der Waals surface area contributed by atoms with Gasteiger partial charge < -0.3 is 10.5 Å². The Kier molecular flexibility index (Phi) is 3.37. The number of halogens is 1. The first-order valence-corrected chi connectivity index (χ1v) is 4.73. The number of carbonyl (C=O) groups is 1. The van der Waals surface area contributed by atoms with Crippen molar-refractivity contribution in [1.29, 1.82) is 0 Å². The maximum Gasteiger partial charge on any atom is 0.338 e. The highest BCUT2D eigenvalue weighted by atomic mass is 35.5. The summed E-state index contributed by atoms with van der Waals surface area (Å²) in [4.78, 5) is 11.3. The van der Waals surface area contributed by atoms with Crippen molar-refractivity contribution in [2.45, 2.75) is 13.8 Å². The summed E-state index contributed by atoms with van der Waals surface area (Å²) in [6.45, 7) is 6.81. The van der Waals surface area contributed by atoms with Gasteiger partial charge in [-0.1, -0.05) is 18.2 Å². The summed E-state index contributed by atoms with van der Waals surface area (Å²) in [6.07, 6.45) is 0. The van der Waals surface area contributed by atoms with Crippen molar-refractivity contribution in [3.8, 4) is 5.75 Å². The van der Waals surface area contributed by atoms with E-state index in [9.17, 15) is 4.79 Å². The Morgan fingerprint density at radius 3 is 2.67 bits per heavy atom. The summed E-state index contributed by atoms with van der Waals surface area (Å²) in [5.74, 6) is -0.0651. The van der Waals surface area contributed by atoms with Crippen LogP contribution in [0.25, 0.3) is 0 Å². The molecule has 0 fully saturated rings. The summed E-state index contributed by atoms with van der Waals surface area (Å²) in [5, 5.41) is 0.447. The molecule has 0 aliphatic rings. The van der Waals surface area contributed by atoms with Crippen molar-refractivity contribution in [2.75, 3.05) is 5.73 Å². The molecule has 0 saturated heterocycles. The normalized spacial score (nSPS) is 9.80. The minimum Gasteiger partial charge on any atom is -0.423 e. The Hall–Kier alpha value is -1.48. The largest absolute Gasteiger partial charge is 0.423 e. The van der Waals surface area contributed by atoms with Crippen LogP contribution in [0.1, 0.15) is 12.5 Å². The number of rotatable bonds is 2. The van der Waals surface area contributed by atoms with Gasteiger partial charge in [-0.3, -0.25) is 0 Å². The summed E-state index contributed by atoms with van der Waals surface area (Å²) in [5.41, 5.74) is 7.10. The molecule has 4 heteroatoms. The quantitative estimate of drug-likeness (QED) is 0.364. The molecule has 0 saturated carbocycles. The first-order valence-electron chi connectivity index (χ1n) is 4.35. The van der Waals surface area contributed by atoms with E-state index in [0.29, 0.717) is 27.6 Å². The van der Waals surface area contributed by atoms with Gasteiger partial charge in [0.25, 0.3) is 0 Å². The monoisotopic (exact) mass is 225 g/mol. The zero-order valence-corrected chi connectivity index (χ0v) is 9.39. The molecular weight excluding hydrogens is 214 g/mol. The first-order chi connectivity index (χ1) is 6.93. The molecule has 0 unspecified atom stereocenters. The van der Waals surface area contributed by atoms with Crippen LogP contribution in [-0.4, -0.2) is 5.97 Å². The number of esters is 1. The van der Waals surface area contributed by atoms with Gasteiger partial charge in [0.2, 0.25) is 0 Å². The molecule has 0 radical (unpaired) electrons. The fourth-order valence-electron chi connectivity index (χ4n) is 0.973. The molecular formula is C11H12ClNO2. The van der Waals surface area contributed by atoms with Gasteiger partial charge in [-0.05, 0) is 26.0 Å². The molecule has 0 aromatic heterocycles. The molecule has 80 valence electrons. The third-order valence-electron chi connectivity index (χ3n) is 1.96. The lowest BCUT2D eigenvalue weighted by Gasteiger charge is -2.09. The van der Waals surface area contributed by atoms with E-state index in [1.54, 1.807) is 26.0 Å². The fourth-order valence-corrected chi connectivity index (χ4v) is 1.18. The highest BCUT2D eigenvalue weighted by Gasteiger charge is 2.11. The van der Waals surface area contributed by atoms with E-state index in [0.717, 1.165) is 0 Å². The van der Waals surface area contributed by atoms with Crippen LogP contribution in [0, 0.1) is 6.92 Å². The van der Waals surface area contributed by atoms with Crippen LogP contribution in [0.2, 0.25) is 5.02 Å². The Bertz CT molecular complexity index is 427. The molecule has 0 atom stereocenters. The number of ether oxygens (including phenoxy) is 1. The zero-order valence-electron chi connectivity index (χ0n) is 8.63. The fraction of sp³-hybridized carbons (Fsp3) is 0.182. The van der Waals surface area contributed by atoms with E-state index < -0.39 is 5.97 Å². The number of nitrogens with two attached hydrogens (primary N) is 1. The first kappa shape index (κ1) is 11.6. The second-order valence-corrected chi connectivity index (χ2v) is 3.66. The van der Waals surface area contributed by atoms with Gasteiger partial charge >= 0.3 is 5.97 Å². The summed E-state index contributed by atoms with van der Waals surface area (Å²) < 4.78 is 5.07. The maximum absolute atomic E-state index is 11.3. The van der Waals surface area contributed by atoms with Gasteiger partial charge in [-0.25, -0.2) is 4.79 Å². The molecule has 0 aliphatic heterocycles. The summed E-state index contributed by atoms with van der Waals surface area (Å²) in [6, 6.07) is 3.19. The van der Waals surface area contributed by atoms with Crippen LogP contribution in [0.15, 0.2) is 24.3 Å². The second-order valence-electron chi connectivity index (χ2n) is 3.25. The average Bonchev–Trinajstić information content (AvgIpc) is 2.18. The molecule has 0 heterocycles. The van der Waals surface area contributed by atoms with E-state index in [2.05, 4.69) is 6.58 Å². The lowest BCUT2D eigenvalue weighted by atomic mass is 10.2. The van der Waals surface area contributed by atoms with Crippen molar-refractivity contribution in [1.82, 2.24) is 0 Å². The maximum atomic E-state index is 11.3. The topological polar surface area (TPSA) is 52.3 Å². The van der Waals surface area contributed by atoms with Crippen molar-refractivity contribution < 1.29 is 9.53 Å². The average molecular weight is 226 g/mol. The Morgan fingerprint density at radius 1 is 1.53 bits per heavy atom. The van der Waals surface area contributed by atoms with E-state index in [-0.39, 0.29) is 0 Å². The number of carbonyl (C=O) groups excluding carboxylic acids is 1. The van der Waals surface area contributed by atoms with Gasteiger partial charge in [0.05, 0.1) is 10.7 Å². The van der Waals surface area contributed by atoms with Crippen molar-refractivity contribution >= 4 is 23.3 Å². The van der Waals surface area contributed by atoms with Crippen LogP contribution in [-0.2, 0) is 4.79 Å². The highest BCUT2D eigenvalue weighted by Crippen LogP contribution is 2.30. The van der Waals surface area contributed by atoms with Crippen LogP contribution in [0.4, 0.5) is 5.69 Å². The molecule has 0 spiro atoms. The standard InChI is InChI=1S/C11H12ClNO2/c1-6(2)11(14)15-9-5-4-8(12)10(13)7(9)3/h4-5H,1,13H2,2-3H3.